The topological polar surface area (TPSA) is 45.6 Å². The molecule has 27 heavy (non-hydrogen) atoms. The van der Waals surface area contributed by atoms with Crippen LogP contribution in [0.3, 0.4) is 0 Å². The van der Waals surface area contributed by atoms with Crippen molar-refractivity contribution >= 4 is 51.0 Å². The Morgan fingerprint density at radius 2 is 2.11 bits per heavy atom. The molecule has 7 heteroatoms. The van der Waals surface area contributed by atoms with Gasteiger partial charge in [-0.15, -0.1) is 16.2 Å². The minimum Gasteiger partial charge on any atom is -0.317 e. The average molecular weight is 418 g/mol. The van der Waals surface area contributed by atoms with E-state index >= 15 is 0 Å². The van der Waals surface area contributed by atoms with E-state index < -0.39 is 0 Å². The summed E-state index contributed by atoms with van der Waals surface area (Å²) in [6.07, 6.45) is 1.91. The molecule has 0 amide bonds. The smallest absolute Gasteiger partial charge is 0.190 e. The average Bonchev–Trinajstić information content (AvgIpc) is 3.18. The van der Waals surface area contributed by atoms with Crippen molar-refractivity contribution < 1.29 is 0 Å². The fourth-order valence-electron chi connectivity index (χ4n) is 3.45. The Balaban J connectivity index is 1.75. The maximum atomic E-state index is 11.3. The lowest BCUT2D eigenvalue weighted by atomic mass is 9.90. The maximum absolute atomic E-state index is 11.3. The van der Waals surface area contributed by atoms with E-state index in [1.807, 2.05) is 29.6 Å². The highest BCUT2D eigenvalue weighted by atomic mass is 35.5. The SMILES string of the molecule is CCC1Cc2c(N=O)cccc2N(c2nc(-c3ccc(Cl)c(Cl)c3)cs2)C1. The van der Waals surface area contributed by atoms with Gasteiger partial charge >= 0.3 is 0 Å². The van der Waals surface area contributed by atoms with Crippen LogP contribution in [0.15, 0.2) is 47.0 Å². The first-order valence-electron chi connectivity index (χ1n) is 8.74. The molecule has 138 valence electrons. The summed E-state index contributed by atoms with van der Waals surface area (Å²) >= 11 is 13.8. The monoisotopic (exact) mass is 417 g/mol. The number of anilines is 2. The van der Waals surface area contributed by atoms with Gasteiger partial charge in [0.1, 0.15) is 5.69 Å². The van der Waals surface area contributed by atoms with Gasteiger partial charge in [-0.05, 0) is 41.8 Å². The second-order valence-electron chi connectivity index (χ2n) is 6.60. The molecule has 0 saturated carbocycles. The summed E-state index contributed by atoms with van der Waals surface area (Å²) in [4.78, 5) is 18.3. The van der Waals surface area contributed by atoms with Crippen LogP contribution < -0.4 is 4.90 Å². The lowest BCUT2D eigenvalue weighted by Crippen LogP contribution is -2.31. The van der Waals surface area contributed by atoms with E-state index in [-0.39, 0.29) is 0 Å². The highest BCUT2D eigenvalue weighted by Crippen LogP contribution is 2.42. The Morgan fingerprint density at radius 1 is 1.26 bits per heavy atom. The zero-order chi connectivity index (χ0) is 19.0. The molecule has 0 saturated heterocycles. The van der Waals surface area contributed by atoms with Crippen LogP contribution in [-0.2, 0) is 6.42 Å². The second kappa shape index (κ2) is 7.58. The quantitative estimate of drug-likeness (QED) is 0.420. The predicted octanol–water partition coefficient (Wildman–Crippen LogP) is 7.24. The fourth-order valence-corrected chi connectivity index (χ4v) is 4.61. The number of thiazole rings is 1. The van der Waals surface area contributed by atoms with Crippen LogP contribution in [0.4, 0.5) is 16.5 Å². The number of fused-ring (bicyclic) bond motifs is 1. The summed E-state index contributed by atoms with van der Waals surface area (Å²) in [5.41, 5.74) is 4.35. The second-order valence-corrected chi connectivity index (χ2v) is 8.25. The number of benzene rings is 2. The number of nitroso groups, excluding NO2 is 1. The van der Waals surface area contributed by atoms with E-state index in [2.05, 4.69) is 17.0 Å². The summed E-state index contributed by atoms with van der Waals surface area (Å²) < 4.78 is 0. The van der Waals surface area contributed by atoms with Crippen molar-refractivity contribution in [3.05, 3.63) is 62.3 Å². The number of hydrogen-bond donors (Lipinski definition) is 0. The Bertz CT molecular complexity index is 1000. The molecular formula is C20H17Cl2N3OS. The van der Waals surface area contributed by atoms with Crippen LogP contribution in [0.25, 0.3) is 11.3 Å². The molecule has 2 aromatic carbocycles. The van der Waals surface area contributed by atoms with Crippen molar-refractivity contribution in [2.24, 2.45) is 11.1 Å². The van der Waals surface area contributed by atoms with Gasteiger partial charge in [0, 0.05) is 28.7 Å². The molecule has 1 unspecified atom stereocenters. The molecule has 0 spiro atoms. The van der Waals surface area contributed by atoms with E-state index in [1.54, 1.807) is 23.5 Å². The first-order chi connectivity index (χ1) is 13.1. The first kappa shape index (κ1) is 18.4. The Kier molecular flexibility index (Phi) is 5.17. The Morgan fingerprint density at radius 3 is 2.85 bits per heavy atom. The number of rotatable bonds is 4. The molecule has 0 bridgehead atoms. The molecule has 0 aliphatic carbocycles. The third-order valence-electron chi connectivity index (χ3n) is 4.96. The summed E-state index contributed by atoms with van der Waals surface area (Å²) in [7, 11) is 0. The summed E-state index contributed by atoms with van der Waals surface area (Å²) in [5, 5.41) is 7.19. The molecule has 4 rings (SSSR count). The van der Waals surface area contributed by atoms with Crippen molar-refractivity contribution in [3.63, 3.8) is 0 Å². The number of hydrogen-bond acceptors (Lipinski definition) is 5. The largest absolute Gasteiger partial charge is 0.317 e. The molecule has 1 aromatic heterocycles. The maximum Gasteiger partial charge on any atom is 0.190 e. The van der Waals surface area contributed by atoms with Crippen LogP contribution in [0.2, 0.25) is 10.0 Å². The van der Waals surface area contributed by atoms with E-state index in [1.165, 1.54) is 0 Å². The van der Waals surface area contributed by atoms with Crippen LogP contribution in [-0.4, -0.2) is 11.5 Å². The lowest BCUT2D eigenvalue weighted by Gasteiger charge is -2.34. The van der Waals surface area contributed by atoms with Crippen LogP contribution in [0.5, 0.6) is 0 Å². The highest BCUT2D eigenvalue weighted by molar-refractivity contribution is 7.14. The molecule has 0 N–H and O–H groups in total. The molecule has 0 radical (unpaired) electrons. The lowest BCUT2D eigenvalue weighted by molar-refractivity contribution is 0.497. The fraction of sp³-hybridized carbons (Fsp3) is 0.250. The highest BCUT2D eigenvalue weighted by Gasteiger charge is 2.28. The molecule has 2 heterocycles. The molecule has 1 aliphatic rings. The summed E-state index contributed by atoms with van der Waals surface area (Å²) in [6.45, 7) is 3.05. The Hall–Kier alpha value is -1.95. The zero-order valence-electron chi connectivity index (χ0n) is 14.7. The predicted molar refractivity (Wildman–Crippen MR) is 114 cm³/mol. The molecule has 4 nitrogen and oxygen atoms in total. The van der Waals surface area contributed by atoms with Gasteiger partial charge in [0.2, 0.25) is 0 Å². The zero-order valence-corrected chi connectivity index (χ0v) is 17.0. The van der Waals surface area contributed by atoms with Crippen molar-refractivity contribution in [2.45, 2.75) is 19.8 Å². The van der Waals surface area contributed by atoms with Gasteiger partial charge in [-0.1, -0.05) is 48.7 Å². The van der Waals surface area contributed by atoms with Gasteiger partial charge in [0.05, 0.1) is 15.7 Å². The van der Waals surface area contributed by atoms with Crippen LogP contribution in [0.1, 0.15) is 18.9 Å². The van der Waals surface area contributed by atoms with Gasteiger partial charge < -0.3 is 4.90 Å². The third kappa shape index (κ3) is 3.47. The number of halogens is 2. The van der Waals surface area contributed by atoms with Gasteiger partial charge in [-0.25, -0.2) is 4.98 Å². The van der Waals surface area contributed by atoms with Crippen molar-refractivity contribution in [1.29, 1.82) is 0 Å². The normalized spacial score (nSPS) is 16.3. The van der Waals surface area contributed by atoms with Gasteiger partial charge in [-0.2, -0.15) is 0 Å². The third-order valence-corrected chi connectivity index (χ3v) is 6.57. The van der Waals surface area contributed by atoms with Crippen molar-refractivity contribution in [1.82, 2.24) is 4.98 Å². The number of aromatic nitrogens is 1. The van der Waals surface area contributed by atoms with Gasteiger partial charge in [0.15, 0.2) is 5.13 Å². The van der Waals surface area contributed by atoms with E-state index in [0.717, 1.165) is 47.0 Å². The molecule has 1 aliphatic heterocycles. The van der Waals surface area contributed by atoms with Crippen molar-refractivity contribution in [3.8, 4) is 11.3 Å². The van der Waals surface area contributed by atoms with Crippen molar-refractivity contribution in [2.75, 3.05) is 11.4 Å². The molecule has 0 fully saturated rings. The molecule has 3 aromatic rings. The molecule has 1 atom stereocenters. The minimum atomic E-state index is 0.456. The summed E-state index contributed by atoms with van der Waals surface area (Å²) in [6, 6.07) is 11.2. The molecular weight excluding hydrogens is 401 g/mol. The number of nitrogens with zero attached hydrogens (tertiary/aromatic N) is 3. The first-order valence-corrected chi connectivity index (χ1v) is 10.4. The van der Waals surface area contributed by atoms with Gasteiger partial charge in [-0.3, -0.25) is 0 Å². The van der Waals surface area contributed by atoms with Gasteiger partial charge in [0.25, 0.3) is 0 Å². The Labute approximate surface area is 171 Å². The minimum absolute atomic E-state index is 0.456. The van der Waals surface area contributed by atoms with Crippen LogP contribution >= 0.6 is 34.5 Å². The van der Waals surface area contributed by atoms with E-state index in [0.29, 0.717) is 21.7 Å². The summed E-state index contributed by atoms with van der Waals surface area (Å²) in [5.74, 6) is 0.456. The van der Waals surface area contributed by atoms with E-state index in [4.69, 9.17) is 28.2 Å². The van der Waals surface area contributed by atoms with E-state index in [9.17, 15) is 4.91 Å². The van der Waals surface area contributed by atoms with Crippen LogP contribution in [0, 0.1) is 10.8 Å². The standard InChI is InChI=1S/C20H17Cl2N3OS/c1-2-12-8-14-17(24-26)4-3-5-19(14)25(10-12)20-23-18(11-27-20)13-6-7-15(21)16(22)9-13/h3-7,9,11-12H,2,8,10H2,1H3.